The molecule has 0 spiro atoms. The molecule has 1 aliphatic rings. The summed E-state index contributed by atoms with van der Waals surface area (Å²) >= 11 is 0. The van der Waals surface area contributed by atoms with Crippen LogP contribution < -0.4 is 5.32 Å². The predicted molar refractivity (Wildman–Crippen MR) is 85.9 cm³/mol. The van der Waals surface area contributed by atoms with E-state index in [1.165, 1.54) is 0 Å². The van der Waals surface area contributed by atoms with Crippen LogP contribution in [0.5, 0.6) is 0 Å². The molecular formula is C16H34N2O3. The molecule has 0 aromatic rings. The van der Waals surface area contributed by atoms with Crippen molar-refractivity contribution in [3.8, 4) is 0 Å². The van der Waals surface area contributed by atoms with E-state index in [1.807, 2.05) is 0 Å². The van der Waals surface area contributed by atoms with Crippen LogP contribution in [0.3, 0.4) is 0 Å². The van der Waals surface area contributed by atoms with Gasteiger partial charge in [0.2, 0.25) is 0 Å². The molecule has 0 aromatic carbocycles. The zero-order valence-corrected chi connectivity index (χ0v) is 14.5. The van der Waals surface area contributed by atoms with Gasteiger partial charge in [0, 0.05) is 37.8 Å². The molecule has 0 radical (unpaired) electrons. The molecule has 5 nitrogen and oxygen atoms in total. The first-order valence-corrected chi connectivity index (χ1v) is 8.08. The number of piperazine rings is 1. The van der Waals surface area contributed by atoms with E-state index in [0.717, 1.165) is 32.7 Å². The van der Waals surface area contributed by atoms with Gasteiger partial charge in [0.15, 0.2) is 0 Å². The third-order valence-corrected chi connectivity index (χ3v) is 4.43. The average Bonchev–Trinajstić information content (AvgIpc) is 2.46. The molecule has 1 rings (SSSR count). The van der Waals surface area contributed by atoms with Gasteiger partial charge in [-0.25, -0.2) is 0 Å². The fourth-order valence-corrected chi connectivity index (χ4v) is 2.49. The first-order valence-electron chi connectivity index (χ1n) is 8.08. The first-order chi connectivity index (χ1) is 9.93. The van der Waals surface area contributed by atoms with Crippen LogP contribution in [0.1, 0.15) is 34.1 Å². The summed E-state index contributed by atoms with van der Waals surface area (Å²) in [5.41, 5.74) is 0.409. The van der Waals surface area contributed by atoms with Crippen molar-refractivity contribution in [2.45, 2.75) is 45.2 Å². The maximum Gasteiger partial charge on any atom is 0.0701 e. The van der Waals surface area contributed by atoms with Crippen LogP contribution in [0.2, 0.25) is 0 Å². The molecule has 126 valence electrons. The number of nitrogens with zero attached hydrogens (tertiary/aromatic N) is 1. The van der Waals surface area contributed by atoms with Gasteiger partial charge >= 0.3 is 0 Å². The SMILES string of the molecule is CCC1(C)CN(CCOCCOCCOC)C(C)(C)CN1. The van der Waals surface area contributed by atoms with E-state index in [4.69, 9.17) is 14.2 Å². The molecule has 1 unspecified atom stereocenters. The second-order valence-electron chi connectivity index (χ2n) is 6.72. The van der Waals surface area contributed by atoms with Crippen LogP contribution in [-0.2, 0) is 14.2 Å². The Morgan fingerprint density at radius 3 is 2.24 bits per heavy atom. The maximum absolute atomic E-state index is 5.68. The molecule has 21 heavy (non-hydrogen) atoms. The summed E-state index contributed by atoms with van der Waals surface area (Å²) < 4.78 is 16.0. The second-order valence-corrected chi connectivity index (χ2v) is 6.72. The topological polar surface area (TPSA) is 43.0 Å². The van der Waals surface area contributed by atoms with Crippen molar-refractivity contribution in [2.75, 3.05) is 59.8 Å². The Labute approximate surface area is 130 Å². The van der Waals surface area contributed by atoms with Crippen molar-refractivity contribution in [3.05, 3.63) is 0 Å². The highest BCUT2D eigenvalue weighted by Crippen LogP contribution is 2.25. The fraction of sp³-hybridized carbons (Fsp3) is 1.00. The number of methoxy groups -OCH3 is 1. The molecule has 1 saturated heterocycles. The van der Waals surface area contributed by atoms with Gasteiger partial charge in [-0.15, -0.1) is 0 Å². The van der Waals surface area contributed by atoms with Crippen LogP contribution in [0, 0.1) is 0 Å². The minimum atomic E-state index is 0.188. The molecule has 1 N–H and O–H groups in total. The van der Waals surface area contributed by atoms with Gasteiger partial charge in [-0.3, -0.25) is 4.90 Å². The van der Waals surface area contributed by atoms with Crippen molar-refractivity contribution >= 4 is 0 Å². The third-order valence-electron chi connectivity index (χ3n) is 4.43. The van der Waals surface area contributed by atoms with E-state index in [-0.39, 0.29) is 11.1 Å². The Kier molecular flexibility index (Phi) is 8.13. The summed E-state index contributed by atoms with van der Waals surface area (Å²) in [5.74, 6) is 0. The molecule has 0 aromatic heterocycles. The Balaban J connectivity index is 2.19. The van der Waals surface area contributed by atoms with Gasteiger partial charge in [-0.05, 0) is 27.2 Å². The Morgan fingerprint density at radius 2 is 1.62 bits per heavy atom. The minimum absolute atomic E-state index is 0.188. The van der Waals surface area contributed by atoms with E-state index >= 15 is 0 Å². The van der Waals surface area contributed by atoms with E-state index in [9.17, 15) is 0 Å². The summed E-state index contributed by atoms with van der Waals surface area (Å²) in [4.78, 5) is 2.54. The minimum Gasteiger partial charge on any atom is -0.382 e. The highest BCUT2D eigenvalue weighted by Gasteiger charge is 2.38. The second kappa shape index (κ2) is 9.06. The van der Waals surface area contributed by atoms with Crippen LogP contribution in [0.15, 0.2) is 0 Å². The summed E-state index contributed by atoms with van der Waals surface area (Å²) in [6.45, 7) is 15.6. The van der Waals surface area contributed by atoms with Crippen molar-refractivity contribution in [2.24, 2.45) is 0 Å². The van der Waals surface area contributed by atoms with Crippen LogP contribution in [-0.4, -0.2) is 75.8 Å². The largest absolute Gasteiger partial charge is 0.382 e. The number of nitrogens with one attached hydrogen (secondary N) is 1. The molecule has 0 amide bonds. The Morgan fingerprint density at radius 1 is 1.00 bits per heavy atom. The van der Waals surface area contributed by atoms with Gasteiger partial charge in [0.1, 0.15) is 0 Å². The number of rotatable bonds is 10. The summed E-state index contributed by atoms with van der Waals surface area (Å²) in [6.07, 6.45) is 1.15. The summed E-state index contributed by atoms with van der Waals surface area (Å²) in [7, 11) is 1.68. The van der Waals surface area contributed by atoms with Gasteiger partial charge in [-0.2, -0.15) is 0 Å². The lowest BCUT2D eigenvalue weighted by Gasteiger charge is -2.50. The highest BCUT2D eigenvalue weighted by atomic mass is 16.5. The molecule has 0 bridgehead atoms. The maximum atomic E-state index is 5.68. The fourth-order valence-electron chi connectivity index (χ4n) is 2.49. The molecular weight excluding hydrogens is 268 g/mol. The van der Waals surface area contributed by atoms with Crippen molar-refractivity contribution in [1.29, 1.82) is 0 Å². The van der Waals surface area contributed by atoms with Crippen molar-refractivity contribution in [3.63, 3.8) is 0 Å². The standard InChI is InChI=1S/C16H34N2O3/c1-6-16(4)14-18(15(2,3)13-17-16)7-8-20-11-12-21-10-9-19-5/h17H,6-14H2,1-5H3. The van der Waals surface area contributed by atoms with E-state index in [2.05, 4.69) is 37.9 Å². The zero-order chi connectivity index (χ0) is 15.8. The molecule has 1 heterocycles. The first kappa shape index (κ1) is 18.8. The number of ether oxygens (including phenoxy) is 3. The lowest BCUT2D eigenvalue weighted by Crippen LogP contribution is -2.67. The van der Waals surface area contributed by atoms with Gasteiger partial charge in [-0.1, -0.05) is 6.92 Å². The van der Waals surface area contributed by atoms with Crippen LogP contribution in [0.25, 0.3) is 0 Å². The quantitative estimate of drug-likeness (QED) is 0.620. The van der Waals surface area contributed by atoms with Gasteiger partial charge in [0.25, 0.3) is 0 Å². The number of hydrogen-bond donors (Lipinski definition) is 1. The van der Waals surface area contributed by atoms with E-state index in [0.29, 0.717) is 26.4 Å². The molecule has 1 atom stereocenters. The highest BCUT2D eigenvalue weighted by molar-refractivity contribution is 4.98. The molecule has 5 heteroatoms. The van der Waals surface area contributed by atoms with Crippen LogP contribution in [0.4, 0.5) is 0 Å². The number of hydrogen-bond acceptors (Lipinski definition) is 5. The molecule has 0 aliphatic carbocycles. The summed E-state index contributed by atoms with van der Waals surface area (Å²) in [6, 6.07) is 0. The molecule has 0 saturated carbocycles. The Bertz CT molecular complexity index is 287. The lowest BCUT2D eigenvalue weighted by molar-refractivity contribution is -0.0108. The summed E-state index contributed by atoms with van der Waals surface area (Å²) in [5, 5.41) is 3.68. The van der Waals surface area contributed by atoms with Crippen molar-refractivity contribution < 1.29 is 14.2 Å². The Hall–Kier alpha value is -0.200. The van der Waals surface area contributed by atoms with E-state index < -0.39 is 0 Å². The zero-order valence-electron chi connectivity index (χ0n) is 14.5. The molecule has 1 aliphatic heterocycles. The normalized spacial score (nSPS) is 26.1. The third kappa shape index (κ3) is 6.61. The van der Waals surface area contributed by atoms with Gasteiger partial charge < -0.3 is 19.5 Å². The van der Waals surface area contributed by atoms with Crippen molar-refractivity contribution in [1.82, 2.24) is 10.2 Å². The van der Waals surface area contributed by atoms with Crippen LogP contribution >= 0.6 is 0 Å². The van der Waals surface area contributed by atoms with Gasteiger partial charge in [0.05, 0.1) is 33.0 Å². The monoisotopic (exact) mass is 302 g/mol. The lowest BCUT2D eigenvalue weighted by atomic mass is 9.88. The molecule has 1 fully saturated rings. The smallest absolute Gasteiger partial charge is 0.0701 e. The average molecular weight is 302 g/mol. The predicted octanol–water partition coefficient (Wildman–Crippen LogP) is 1.52. The van der Waals surface area contributed by atoms with E-state index in [1.54, 1.807) is 7.11 Å².